The minimum Gasteiger partial charge on any atom is -0.481 e. The molecule has 1 saturated heterocycles. The van der Waals surface area contributed by atoms with Crippen LogP contribution in [0.5, 0.6) is 11.5 Å². The van der Waals surface area contributed by atoms with Crippen LogP contribution in [0, 0.1) is 5.92 Å². The van der Waals surface area contributed by atoms with Crippen molar-refractivity contribution < 1.29 is 29.0 Å². The number of nitrogens with two attached hydrogens (primary N) is 1. The monoisotopic (exact) mass is 612 g/mol. The maximum atomic E-state index is 14.1. The normalized spacial score (nSPS) is 20.4. The quantitative estimate of drug-likeness (QED) is 0.312. The summed E-state index contributed by atoms with van der Waals surface area (Å²) in [5.74, 6) is -1.01. The van der Waals surface area contributed by atoms with Gasteiger partial charge >= 0.3 is 5.97 Å². The maximum absolute atomic E-state index is 14.1. The van der Waals surface area contributed by atoms with Crippen molar-refractivity contribution in [2.75, 3.05) is 37.9 Å². The van der Waals surface area contributed by atoms with Crippen LogP contribution in [0.4, 0.5) is 5.69 Å². The number of hydrogen-bond donors (Lipinski definition) is 2. The summed E-state index contributed by atoms with van der Waals surface area (Å²) in [7, 11) is 0. The predicted molar refractivity (Wildman–Crippen MR) is 169 cm³/mol. The number of nitrogens with zero attached hydrogens (tertiary/aromatic N) is 3. The van der Waals surface area contributed by atoms with Crippen molar-refractivity contribution in [3.05, 3.63) is 89.0 Å². The van der Waals surface area contributed by atoms with Crippen molar-refractivity contribution in [3.8, 4) is 11.5 Å². The summed E-state index contributed by atoms with van der Waals surface area (Å²) < 4.78 is 11.1. The van der Waals surface area contributed by atoms with Crippen molar-refractivity contribution >= 4 is 23.5 Å². The van der Waals surface area contributed by atoms with Gasteiger partial charge in [-0.2, -0.15) is 0 Å². The van der Waals surface area contributed by atoms with Gasteiger partial charge < -0.3 is 30.1 Å². The first-order valence-corrected chi connectivity index (χ1v) is 15.7. The van der Waals surface area contributed by atoms with Gasteiger partial charge in [-0.25, -0.2) is 0 Å². The van der Waals surface area contributed by atoms with Crippen molar-refractivity contribution in [1.29, 1.82) is 0 Å². The SMILES string of the molecule is CCCCN(C(=O)CN1CC(c2ccc3c(c2)OCO3)C(C(=O)O)C1CCN1Cc2ccccc2C1=O)c1cccc(CN)c1. The number of benzene rings is 3. The number of anilines is 1. The molecule has 3 atom stereocenters. The third-order valence-corrected chi connectivity index (χ3v) is 9.28. The van der Waals surface area contributed by atoms with Gasteiger partial charge in [-0.05, 0) is 59.9 Å². The number of fused-ring (bicyclic) bond motifs is 2. The molecule has 3 heterocycles. The molecule has 0 aliphatic carbocycles. The second-order valence-electron chi connectivity index (χ2n) is 12.0. The molecule has 0 bridgehead atoms. The number of carboxylic acid groups (broad SMARTS) is 1. The fourth-order valence-corrected chi connectivity index (χ4v) is 6.94. The minimum atomic E-state index is -0.924. The van der Waals surface area contributed by atoms with E-state index < -0.39 is 17.9 Å². The van der Waals surface area contributed by atoms with Gasteiger partial charge in [0, 0.05) is 55.9 Å². The van der Waals surface area contributed by atoms with Gasteiger partial charge in [-0.3, -0.25) is 19.3 Å². The zero-order valence-electron chi connectivity index (χ0n) is 25.6. The minimum absolute atomic E-state index is 0.0454. The van der Waals surface area contributed by atoms with E-state index in [-0.39, 0.29) is 31.1 Å². The van der Waals surface area contributed by atoms with Crippen LogP contribution in [0.25, 0.3) is 0 Å². The third kappa shape index (κ3) is 6.25. The first-order valence-electron chi connectivity index (χ1n) is 15.7. The molecule has 3 unspecified atom stereocenters. The van der Waals surface area contributed by atoms with E-state index in [4.69, 9.17) is 15.2 Å². The lowest BCUT2D eigenvalue weighted by Gasteiger charge is -2.31. The molecule has 3 aliphatic rings. The van der Waals surface area contributed by atoms with E-state index in [0.29, 0.717) is 56.2 Å². The van der Waals surface area contributed by atoms with Gasteiger partial charge in [-0.15, -0.1) is 0 Å². The summed E-state index contributed by atoms with van der Waals surface area (Å²) in [5.41, 5.74) is 10.1. The molecule has 3 aromatic rings. The van der Waals surface area contributed by atoms with Crippen LogP contribution < -0.4 is 20.1 Å². The summed E-state index contributed by atoms with van der Waals surface area (Å²) in [6, 6.07) is 20.4. The van der Waals surface area contributed by atoms with E-state index in [2.05, 4.69) is 6.92 Å². The Morgan fingerprint density at radius 2 is 1.87 bits per heavy atom. The Bertz CT molecular complexity index is 1580. The lowest BCUT2D eigenvalue weighted by Crippen LogP contribution is -2.45. The van der Waals surface area contributed by atoms with Crippen LogP contribution in [0.1, 0.15) is 59.2 Å². The summed E-state index contributed by atoms with van der Waals surface area (Å²) in [6.07, 6.45) is 2.17. The number of amides is 2. The van der Waals surface area contributed by atoms with Crippen molar-refractivity contribution in [3.63, 3.8) is 0 Å². The molecule has 0 aromatic heterocycles. The average Bonchev–Trinajstić information content (AvgIpc) is 3.75. The second kappa shape index (κ2) is 13.3. The topological polar surface area (TPSA) is 126 Å². The molecule has 3 aliphatic heterocycles. The smallest absolute Gasteiger partial charge is 0.308 e. The molecule has 2 amide bonds. The van der Waals surface area contributed by atoms with Gasteiger partial charge in [0.1, 0.15) is 0 Å². The summed E-state index contributed by atoms with van der Waals surface area (Å²) in [4.78, 5) is 45.8. The maximum Gasteiger partial charge on any atom is 0.308 e. The molecule has 0 spiro atoms. The zero-order valence-corrected chi connectivity index (χ0v) is 25.6. The Hall–Kier alpha value is -4.41. The Morgan fingerprint density at radius 1 is 1.04 bits per heavy atom. The molecule has 236 valence electrons. The van der Waals surface area contributed by atoms with Crippen LogP contribution in [0.15, 0.2) is 66.7 Å². The summed E-state index contributed by atoms with van der Waals surface area (Å²) >= 11 is 0. The number of carboxylic acids is 1. The Labute approximate surface area is 263 Å². The Kier molecular flexibility index (Phi) is 9.04. The number of likely N-dealkylation sites (tertiary alicyclic amines) is 1. The van der Waals surface area contributed by atoms with Gasteiger partial charge in [0.25, 0.3) is 5.91 Å². The fraction of sp³-hybridized carbons (Fsp3) is 0.400. The van der Waals surface area contributed by atoms with E-state index in [1.165, 1.54) is 0 Å². The number of hydrogen-bond acceptors (Lipinski definition) is 7. The van der Waals surface area contributed by atoms with Gasteiger partial charge in [0.05, 0.1) is 12.5 Å². The van der Waals surface area contributed by atoms with E-state index >= 15 is 0 Å². The Morgan fingerprint density at radius 3 is 2.64 bits per heavy atom. The average molecular weight is 613 g/mol. The van der Waals surface area contributed by atoms with Crippen LogP contribution in [0.3, 0.4) is 0 Å². The molecule has 10 nitrogen and oxygen atoms in total. The molecule has 45 heavy (non-hydrogen) atoms. The third-order valence-electron chi connectivity index (χ3n) is 9.28. The van der Waals surface area contributed by atoms with E-state index in [1.54, 1.807) is 9.80 Å². The Balaban J connectivity index is 1.28. The second-order valence-corrected chi connectivity index (χ2v) is 12.0. The van der Waals surface area contributed by atoms with Crippen molar-refractivity contribution in [1.82, 2.24) is 9.80 Å². The highest BCUT2D eigenvalue weighted by atomic mass is 16.7. The fourth-order valence-electron chi connectivity index (χ4n) is 6.94. The van der Waals surface area contributed by atoms with E-state index in [9.17, 15) is 19.5 Å². The first kappa shape index (κ1) is 30.6. The molecular formula is C35H40N4O6. The summed E-state index contributed by atoms with van der Waals surface area (Å²) in [5, 5.41) is 10.6. The van der Waals surface area contributed by atoms with E-state index in [0.717, 1.165) is 35.2 Å². The van der Waals surface area contributed by atoms with Crippen molar-refractivity contribution in [2.24, 2.45) is 11.7 Å². The highest BCUT2D eigenvalue weighted by molar-refractivity contribution is 5.98. The van der Waals surface area contributed by atoms with Crippen LogP contribution in [-0.2, 0) is 22.7 Å². The van der Waals surface area contributed by atoms with Gasteiger partial charge in [0.2, 0.25) is 12.7 Å². The number of carbonyl (C=O) groups excluding carboxylic acids is 2. The molecular weight excluding hydrogens is 572 g/mol. The molecule has 3 N–H and O–H groups in total. The zero-order chi connectivity index (χ0) is 31.5. The number of ether oxygens (including phenoxy) is 2. The lowest BCUT2D eigenvalue weighted by molar-refractivity contribution is -0.143. The molecule has 0 radical (unpaired) electrons. The molecule has 0 saturated carbocycles. The predicted octanol–water partition coefficient (Wildman–Crippen LogP) is 4.22. The van der Waals surface area contributed by atoms with Gasteiger partial charge in [-0.1, -0.05) is 49.7 Å². The number of aliphatic carboxylic acids is 1. The highest BCUT2D eigenvalue weighted by Gasteiger charge is 2.48. The molecule has 1 fully saturated rings. The molecule has 6 rings (SSSR count). The standard InChI is InChI=1S/C35H40N4O6/c1-2-3-14-39(26-9-6-7-23(16-26)18-36)32(40)21-38-20-28(24-11-12-30-31(17-24)45-22-44-30)33(35(42)43)29(38)13-15-37-19-25-8-4-5-10-27(25)34(37)41/h4-12,16-17,28-29,33H,2-3,13-15,18-22,36H2,1H3,(H,42,43). The van der Waals surface area contributed by atoms with Crippen LogP contribution in [-0.4, -0.2) is 71.7 Å². The summed E-state index contributed by atoms with van der Waals surface area (Å²) in [6.45, 7) is 4.45. The lowest BCUT2D eigenvalue weighted by atomic mass is 9.84. The number of carbonyl (C=O) groups is 3. The van der Waals surface area contributed by atoms with Crippen molar-refractivity contribution in [2.45, 2.75) is 51.2 Å². The number of rotatable bonds is 12. The molecule has 10 heteroatoms. The molecule has 3 aromatic carbocycles. The van der Waals surface area contributed by atoms with Crippen LogP contribution >= 0.6 is 0 Å². The van der Waals surface area contributed by atoms with Crippen LogP contribution in [0.2, 0.25) is 0 Å². The first-order chi connectivity index (χ1) is 21.9. The largest absolute Gasteiger partial charge is 0.481 e. The highest BCUT2D eigenvalue weighted by Crippen LogP contribution is 2.43. The van der Waals surface area contributed by atoms with E-state index in [1.807, 2.05) is 71.6 Å². The van der Waals surface area contributed by atoms with Gasteiger partial charge in [0.15, 0.2) is 11.5 Å². The number of unbranched alkanes of at least 4 members (excludes halogenated alkanes) is 1.